The highest BCUT2D eigenvalue weighted by molar-refractivity contribution is 9.10. The van der Waals surface area contributed by atoms with E-state index in [1.54, 1.807) is 6.20 Å². The van der Waals surface area contributed by atoms with E-state index in [0.29, 0.717) is 24.0 Å². The van der Waals surface area contributed by atoms with E-state index < -0.39 is 0 Å². The van der Waals surface area contributed by atoms with E-state index in [4.69, 9.17) is 10.3 Å². The van der Waals surface area contributed by atoms with Crippen molar-refractivity contribution in [2.45, 2.75) is 25.7 Å². The fourth-order valence-electron chi connectivity index (χ4n) is 1.70. The molecule has 96 valence electrons. The molecule has 2 N–H and O–H groups in total. The van der Waals surface area contributed by atoms with E-state index in [1.807, 2.05) is 12.1 Å². The maximum atomic E-state index is 5.71. The van der Waals surface area contributed by atoms with E-state index in [1.165, 1.54) is 0 Å². The maximum absolute atomic E-state index is 5.71. The maximum Gasteiger partial charge on any atom is 0.231 e. The van der Waals surface area contributed by atoms with Crippen LogP contribution in [0.25, 0.3) is 11.5 Å². The molecule has 0 aliphatic rings. The first-order valence-corrected chi connectivity index (χ1v) is 6.69. The quantitative estimate of drug-likeness (QED) is 0.918. The third-order valence-corrected chi connectivity index (χ3v) is 3.14. The van der Waals surface area contributed by atoms with Crippen molar-refractivity contribution in [3.8, 4) is 11.5 Å². The molecule has 0 aliphatic carbocycles. The highest BCUT2D eigenvalue weighted by atomic mass is 79.9. The van der Waals surface area contributed by atoms with E-state index in [0.717, 1.165) is 17.3 Å². The summed E-state index contributed by atoms with van der Waals surface area (Å²) in [4.78, 5) is 8.59. The Hall–Kier alpha value is -1.27. The number of nitrogens with zero attached hydrogens (tertiary/aromatic N) is 3. The highest BCUT2D eigenvalue weighted by Crippen LogP contribution is 2.22. The lowest BCUT2D eigenvalue weighted by Gasteiger charge is -2.06. The van der Waals surface area contributed by atoms with Gasteiger partial charge in [0.25, 0.3) is 0 Å². The van der Waals surface area contributed by atoms with Crippen LogP contribution in [0.2, 0.25) is 0 Å². The second kappa shape index (κ2) is 6.06. The molecule has 18 heavy (non-hydrogen) atoms. The molecule has 0 aromatic carbocycles. The topological polar surface area (TPSA) is 77.8 Å². The van der Waals surface area contributed by atoms with E-state index in [9.17, 15) is 0 Å². The van der Waals surface area contributed by atoms with Crippen LogP contribution in [0, 0.1) is 0 Å². The third-order valence-electron chi connectivity index (χ3n) is 2.67. The Balaban J connectivity index is 2.21. The molecule has 6 heteroatoms. The number of nitrogens with two attached hydrogens (primary N) is 1. The minimum absolute atomic E-state index is 0.131. The van der Waals surface area contributed by atoms with Gasteiger partial charge in [-0.1, -0.05) is 18.5 Å². The standard InChI is InChI=1S/C12H15BrN4O/c1-2-3-8(6-14)12-16-11(17-18-12)10-5-4-9(13)7-15-10/h4-5,7-8H,2-3,6,14H2,1H3. The predicted octanol–water partition coefficient (Wildman–Crippen LogP) is 2.74. The summed E-state index contributed by atoms with van der Waals surface area (Å²) in [6.07, 6.45) is 3.69. The van der Waals surface area contributed by atoms with Crippen molar-refractivity contribution >= 4 is 15.9 Å². The lowest BCUT2D eigenvalue weighted by molar-refractivity contribution is 0.347. The van der Waals surface area contributed by atoms with Gasteiger partial charge in [-0.25, -0.2) is 0 Å². The normalized spacial score (nSPS) is 12.6. The Morgan fingerprint density at radius 1 is 1.44 bits per heavy atom. The average molecular weight is 311 g/mol. The summed E-state index contributed by atoms with van der Waals surface area (Å²) < 4.78 is 6.18. The zero-order chi connectivity index (χ0) is 13.0. The molecule has 2 heterocycles. The number of hydrogen-bond donors (Lipinski definition) is 1. The van der Waals surface area contributed by atoms with Crippen LogP contribution in [0.3, 0.4) is 0 Å². The van der Waals surface area contributed by atoms with Gasteiger partial charge in [-0.3, -0.25) is 4.98 Å². The van der Waals surface area contributed by atoms with E-state index >= 15 is 0 Å². The smallest absolute Gasteiger partial charge is 0.231 e. The predicted molar refractivity (Wildman–Crippen MR) is 71.9 cm³/mol. The van der Waals surface area contributed by atoms with Gasteiger partial charge in [0.15, 0.2) is 0 Å². The van der Waals surface area contributed by atoms with E-state index in [-0.39, 0.29) is 5.92 Å². The van der Waals surface area contributed by atoms with Crippen LogP contribution in [0.5, 0.6) is 0 Å². The van der Waals surface area contributed by atoms with Crippen LogP contribution >= 0.6 is 15.9 Å². The Labute approximate surface area is 114 Å². The van der Waals surface area contributed by atoms with Crippen molar-refractivity contribution in [2.24, 2.45) is 5.73 Å². The summed E-state index contributed by atoms with van der Waals surface area (Å²) in [7, 11) is 0. The Morgan fingerprint density at radius 3 is 2.89 bits per heavy atom. The van der Waals surface area contributed by atoms with Gasteiger partial charge in [0, 0.05) is 17.2 Å². The minimum Gasteiger partial charge on any atom is -0.339 e. The molecule has 1 unspecified atom stereocenters. The summed E-state index contributed by atoms with van der Waals surface area (Å²) in [5.41, 5.74) is 6.40. The molecule has 2 aromatic rings. The summed E-state index contributed by atoms with van der Waals surface area (Å²) in [6, 6.07) is 3.74. The molecule has 0 bridgehead atoms. The summed E-state index contributed by atoms with van der Waals surface area (Å²) in [5, 5.41) is 3.95. The van der Waals surface area contributed by atoms with Crippen molar-refractivity contribution in [1.29, 1.82) is 0 Å². The van der Waals surface area contributed by atoms with Gasteiger partial charge in [-0.2, -0.15) is 4.98 Å². The molecule has 0 spiro atoms. The Morgan fingerprint density at radius 2 is 2.28 bits per heavy atom. The van der Waals surface area contributed by atoms with Gasteiger partial charge in [0.2, 0.25) is 11.7 Å². The van der Waals surface area contributed by atoms with Gasteiger partial charge in [-0.05, 0) is 34.5 Å². The number of rotatable bonds is 5. The monoisotopic (exact) mass is 310 g/mol. The zero-order valence-electron chi connectivity index (χ0n) is 10.1. The van der Waals surface area contributed by atoms with Crippen molar-refractivity contribution in [1.82, 2.24) is 15.1 Å². The van der Waals surface area contributed by atoms with Crippen molar-refractivity contribution < 1.29 is 4.52 Å². The van der Waals surface area contributed by atoms with Crippen LogP contribution in [-0.4, -0.2) is 21.7 Å². The molecule has 0 fully saturated rings. The molecule has 1 atom stereocenters. The highest BCUT2D eigenvalue weighted by Gasteiger charge is 2.17. The van der Waals surface area contributed by atoms with Gasteiger partial charge in [0.05, 0.1) is 5.92 Å². The summed E-state index contributed by atoms with van der Waals surface area (Å²) in [5.74, 6) is 1.23. The van der Waals surface area contributed by atoms with Crippen molar-refractivity contribution in [3.63, 3.8) is 0 Å². The Kier molecular flexibility index (Phi) is 4.43. The van der Waals surface area contributed by atoms with Crippen molar-refractivity contribution in [3.05, 3.63) is 28.7 Å². The van der Waals surface area contributed by atoms with Gasteiger partial charge >= 0.3 is 0 Å². The number of halogens is 1. The fourth-order valence-corrected chi connectivity index (χ4v) is 1.94. The largest absolute Gasteiger partial charge is 0.339 e. The van der Waals surface area contributed by atoms with Crippen LogP contribution < -0.4 is 5.73 Å². The van der Waals surface area contributed by atoms with Crippen LogP contribution in [0.15, 0.2) is 27.3 Å². The minimum atomic E-state index is 0.131. The zero-order valence-corrected chi connectivity index (χ0v) is 11.7. The first kappa shape index (κ1) is 13.2. The number of hydrogen-bond acceptors (Lipinski definition) is 5. The molecule has 0 saturated heterocycles. The van der Waals surface area contributed by atoms with Gasteiger partial charge in [0.1, 0.15) is 5.69 Å². The molecule has 0 aliphatic heterocycles. The lowest BCUT2D eigenvalue weighted by atomic mass is 10.0. The lowest BCUT2D eigenvalue weighted by Crippen LogP contribution is -2.12. The number of aromatic nitrogens is 3. The second-order valence-electron chi connectivity index (χ2n) is 4.04. The van der Waals surface area contributed by atoms with Crippen LogP contribution in [0.1, 0.15) is 31.6 Å². The molecule has 0 saturated carbocycles. The molecule has 2 rings (SSSR count). The second-order valence-corrected chi connectivity index (χ2v) is 4.95. The fraction of sp³-hybridized carbons (Fsp3) is 0.417. The van der Waals surface area contributed by atoms with Crippen LogP contribution in [-0.2, 0) is 0 Å². The van der Waals surface area contributed by atoms with Crippen molar-refractivity contribution in [2.75, 3.05) is 6.54 Å². The summed E-state index contributed by atoms with van der Waals surface area (Å²) in [6.45, 7) is 2.62. The third kappa shape index (κ3) is 2.94. The van der Waals surface area contributed by atoms with Crippen LogP contribution in [0.4, 0.5) is 0 Å². The van der Waals surface area contributed by atoms with Gasteiger partial charge < -0.3 is 10.3 Å². The van der Waals surface area contributed by atoms with Gasteiger partial charge in [-0.15, -0.1) is 0 Å². The summed E-state index contributed by atoms with van der Waals surface area (Å²) >= 11 is 3.33. The molecule has 0 amide bonds. The molecule has 2 aromatic heterocycles. The van der Waals surface area contributed by atoms with E-state index in [2.05, 4.69) is 38.0 Å². The average Bonchev–Trinajstić information content (AvgIpc) is 2.86. The first-order valence-electron chi connectivity index (χ1n) is 5.90. The first-order chi connectivity index (χ1) is 8.74. The molecule has 5 nitrogen and oxygen atoms in total. The number of pyridine rings is 1. The molecular formula is C12H15BrN4O. The SMILES string of the molecule is CCCC(CN)c1nc(-c2ccc(Br)cn2)no1. The molecular weight excluding hydrogens is 296 g/mol. The molecule has 0 radical (unpaired) electrons. The Bertz CT molecular complexity index is 497.